The van der Waals surface area contributed by atoms with Crippen LogP contribution >= 0.6 is 11.6 Å². The summed E-state index contributed by atoms with van der Waals surface area (Å²) in [6.45, 7) is 3.31. The van der Waals surface area contributed by atoms with Crippen molar-refractivity contribution in [2.24, 2.45) is 7.05 Å². The average Bonchev–Trinajstić information content (AvgIpc) is 2.82. The van der Waals surface area contributed by atoms with Gasteiger partial charge in [0.2, 0.25) is 0 Å². The number of rotatable bonds is 7. The lowest BCUT2D eigenvalue weighted by Crippen LogP contribution is -2.36. The zero-order valence-electron chi connectivity index (χ0n) is 19.7. The van der Waals surface area contributed by atoms with E-state index in [-0.39, 0.29) is 35.1 Å². The molecule has 1 heterocycles. The number of urea groups is 1. The summed E-state index contributed by atoms with van der Waals surface area (Å²) < 4.78 is 34.3. The number of nitrogens with zero attached hydrogens (tertiary/aromatic N) is 1. The fourth-order valence-electron chi connectivity index (χ4n) is 3.61. The maximum atomic E-state index is 14.4. The van der Waals surface area contributed by atoms with E-state index in [0.717, 1.165) is 6.07 Å². The molecule has 1 atom stereocenters. The second kappa shape index (κ2) is 11.2. The normalized spacial score (nSPS) is 11.6. The van der Waals surface area contributed by atoms with Gasteiger partial charge in [-0.25, -0.2) is 13.6 Å². The van der Waals surface area contributed by atoms with Gasteiger partial charge in [0.1, 0.15) is 17.4 Å². The molecule has 2 aromatic carbocycles. The maximum absolute atomic E-state index is 14.4. The van der Waals surface area contributed by atoms with E-state index >= 15 is 0 Å². The quantitative estimate of drug-likeness (QED) is 0.306. The summed E-state index contributed by atoms with van der Waals surface area (Å²) in [5.41, 5.74) is 0.145. The third kappa shape index (κ3) is 6.01. The Morgan fingerprint density at radius 2 is 1.92 bits per heavy atom. The lowest BCUT2D eigenvalue weighted by molar-refractivity contribution is -0.143. The SMILES string of the molecule is CCOC(=O)CC(NC(=O)Nc1c(O)c(C)cn(C)c1=O)c1cccc(-c2cc(Cl)c(F)cc2F)c1. The van der Waals surface area contributed by atoms with Gasteiger partial charge in [0.15, 0.2) is 5.69 Å². The van der Waals surface area contributed by atoms with E-state index in [1.54, 1.807) is 32.0 Å². The molecule has 0 saturated heterocycles. The maximum Gasteiger partial charge on any atom is 0.319 e. The molecular weight excluding hydrogens is 496 g/mol. The van der Waals surface area contributed by atoms with Gasteiger partial charge in [-0.2, -0.15) is 0 Å². The van der Waals surface area contributed by atoms with Crippen LogP contribution in [0.15, 0.2) is 47.4 Å². The highest BCUT2D eigenvalue weighted by molar-refractivity contribution is 6.31. The molecule has 0 bridgehead atoms. The Morgan fingerprint density at radius 3 is 2.61 bits per heavy atom. The van der Waals surface area contributed by atoms with Crippen LogP contribution in [0.1, 0.15) is 30.5 Å². The topological polar surface area (TPSA) is 110 Å². The molecule has 190 valence electrons. The van der Waals surface area contributed by atoms with Crippen molar-refractivity contribution in [2.75, 3.05) is 11.9 Å². The Hall–Kier alpha value is -3.92. The van der Waals surface area contributed by atoms with E-state index in [1.165, 1.54) is 23.9 Å². The Labute approximate surface area is 210 Å². The van der Waals surface area contributed by atoms with E-state index in [0.29, 0.717) is 22.8 Å². The van der Waals surface area contributed by atoms with Crippen LogP contribution in [0.5, 0.6) is 5.75 Å². The van der Waals surface area contributed by atoms with Crippen molar-refractivity contribution in [3.63, 3.8) is 0 Å². The largest absolute Gasteiger partial charge is 0.505 e. The van der Waals surface area contributed by atoms with E-state index in [4.69, 9.17) is 16.3 Å². The van der Waals surface area contributed by atoms with E-state index in [1.807, 2.05) is 0 Å². The monoisotopic (exact) mass is 519 g/mol. The Balaban J connectivity index is 1.95. The van der Waals surface area contributed by atoms with Crippen LogP contribution in [-0.2, 0) is 16.6 Å². The molecule has 0 saturated carbocycles. The molecule has 1 unspecified atom stereocenters. The zero-order chi connectivity index (χ0) is 26.6. The van der Waals surface area contributed by atoms with Crippen LogP contribution in [-0.4, -0.2) is 28.3 Å². The lowest BCUT2D eigenvalue weighted by atomic mass is 9.97. The van der Waals surface area contributed by atoms with Crippen molar-refractivity contribution in [2.45, 2.75) is 26.3 Å². The van der Waals surface area contributed by atoms with Crippen LogP contribution in [0.3, 0.4) is 0 Å². The van der Waals surface area contributed by atoms with Crippen LogP contribution < -0.4 is 16.2 Å². The van der Waals surface area contributed by atoms with E-state index < -0.39 is 35.2 Å². The summed E-state index contributed by atoms with van der Waals surface area (Å²) in [6, 6.07) is 6.22. The highest BCUT2D eigenvalue weighted by atomic mass is 35.5. The van der Waals surface area contributed by atoms with Gasteiger partial charge in [-0.15, -0.1) is 0 Å². The van der Waals surface area contributed by atoms with Crippen molar-refractivity contribution < 1.29 is 28.2 Å². The van der Waals surface area contributed by atoms with Crippen LogP contribution in [0, 0.1) is 18.6 Å². The molecule has 0 aliphatic heterocycles. The molecule has 0 fully saturated rings. The highest BCUT2D eigenvalue weighted by Gasteiger charge is 2.22. The Morgan fingerprint density at radius 1 is 1.19 bits per heavy atom. The molecule has 2 amide bonds. The molecular formula is C25H24ClF2N3O5. The number of aromatic nitrogens is 1. The number of nitrogens with one attached hydrogen (secondary N) is 2. The molecule has 1 aromatic heterocycles. The number of hydrogen-bond donors (Lipinski definition) is 3. The van der Waals surface area contributed by atoms with Crippen molar-refractivity contribution in [1.82, 2.24) is 9.88 Å². The lowest BCUT2D eigenvalue weighted by Gasteiger charge is -2.20. The standard InChI is InChI=1S/C25H24ClF2N3O5/c1-4-36-21(32)11-20(29-25(35)30-22-23(33)13(2)12-31(3)24(22)34)15-7-5-6-14(8-15)16-9-17(26)19(28)10-18(16)27/h5-10,12,20,33H,4,11H2,1-3H3,(H2,29,30,35). The molecule has 3 N–H and O–H groups in total. The minimum atomic E-state index is -0.959. The molecule has 0 radical (unpaired) electrons. The summed E-state index contributed by atoms with van der Waals surface area (Å²) in [5, 5.41) is 14.9. The molecule has 0 aliphatic carbocycles. The second-order valence-electron chi connectivity index (χ2n) is 7.98. The molecule has 3 aromatic rings. The van der Waals surface area contributed by atoms with Gasteiger partial charge in [0, 0.05) is 30.4 Å². The molecule has 36 heavy (non-hydrogen) atoms. The summed E-state index contributed by atoms with van der Waals surface area (Å²) >= 11 is 5.82. The van der Waals surface area contributed by atoms with Crippen molar-refractivity contribution in [3.8, 4) is 16.9 Å². The molecule has 3 rings (SSSR count). The highest BCUT2D eigenvalue weighted by Crippen LogP contribution is 2.31. The van der Waals surface area contributed by atoms with Gasteiger partial charge in [0.05, 0.1) is 24.1 Å². The number of aromatic hydroxyl groups is 1. The smallest absolute Gasteiger partial charge is 0.319 e. The van der Waals surface area contributed by atoms with Gasteiger partial charge < -0.3 is 25.0 Å². The molecule has 0 aliphatic rings. The minimum absolute atomic E-state index is 0.0239. The summed E-state index contributed by atoms with van der Waals surface area (Å²) in [7, 11) is 1.47. The number of ether oxygens (including phenoxy) is 1. The first-order valence-electron chi connectivity index (χ1n) is 10.9. The fraction of sp³-hybridized carbons (Fsp3) is 0.240. The predicted octanol–water partition coefficient (Wildman–Crippen LogP) is 4.81. The number of carbonyl (C=O) groups excluding carboxylic acids is 2. The number of aryl methyl sites for hydroxylation is 2. The Kier molecular flexibility index (Phi) is 8.31. The first-order valence-corrected chi connectivity index (χ1v) is 11.3. The first-order chi connectivity index (χ1) is 17.0. The average molecular weight is 520 g/mol. The van der Waals surface area contributed by atoms with Gasteiger partial charge in [-0.3, -0.25) is 9.59 Å². The number of carbonyl (C=O) groups is 2. The fourth-order valence-corrected chi connectivity index (χ4v) is 3.77. The first kappa shape index (κ1) is 26.7. The zero-order valence-corrected chi connectivity index (χ0v) is 20.5. The number of halogens is 3. The third-order valence-electron chi connectivity index (χ3n) is 5.36. The van der Waals surface area contributed by atoms with Crippen molar-refractivity contribution in [1.29, 1.82) is 0 Å². The van der Waals surface area contributed by atoms with Gasteiger partial charge in [-0.1, -0.05) is 29.8 Å². The van der Waals surface area contributed by atoms with Crippen LogP contribution in [0.25, 0.3) is 11.1 Å². The number of esters is 1. The van der Waals surface area contributed by atoms with Gasteiger partial charge in [-0.05, 0) is 37.1 Å². The summed E-state index contributed by atoms with van der Waals surface area (Å²) in [5.74, 6) is -2.75. The number of pyridine rings is 1. The van der Waals surface area contributed by atoms with Crippen molar-refractivity contribution in [3.05, 3.63) is 80.7 Å². The number of benzene rings is 2. The van der Waals surface area contributed by atoms with Crippen LogP contribution in [0.4, 0.5) is 19.3 Å². The van der Waals surface area contributed by atoms with Crippen LogP contribution in [0.2, 0.25) is 5.02 Å². The second-order valence-corrected chi connectivity index (χ2v) is 8.39. The van der Waals surface area contributed by atoms with E-state index in [2.05, 4.69) is 10.6 Å². The molecule has 11 heteroatoms. The summed E-state index contributed by atoms with van der Waals surface area (Å²) in [6.07, 6.45) is 1.13. The number of hydrogen-bond acceptors (Lipinski definition) is 5. The third-order valence-corrected chi connectivity index (χ3v) is 5.65. The Bertz CT molecular complexity index is 1380. The predicted molar refractivity (Wildman–Crippen MR) is 131 cm³/mol. The summed E-state index contributed by atoms with van der Waals surface area (Å²) in [4.78, 5) is 37.4. The van der Waals surface area contributed by atoms with Gasteiger partial charge >= 0.3 is 12.0 Å². The van der Waals surface area contributed by atoms with Gasteiger partial charge in [0.25, 0.3) is 5.56 Å². The number of anilines is 1. The van der Waals surface area contributed by atoms with Crippen molar-refractivity contribution >= 4 is 29.3 Å². The molecule has 0 spiro atoms. The molecule has 8 nitrogen and oxygen atoms in total. The minimum Gasteiger partial charge on any atom is -0.505 e. The number of amides is 2. The van der Waals surface area contributed by atoms with E-state index in [9.17, 15) is 28.3 Å².